The van der Waals surface area contributed by atoms with Gasteiger partial charge < -0.3 is 4.74 Å². The molecule has 0 aromatic heterocycles. The van der Waals surface area contributed by atoms with Crippen LogP contribution in [0.1, 0.15) is 25.3 Å². The third-order valence-corrected chi connectivity index (χ3v) is 2.72. The second-order valence-corrected chi connectivity index (χ2v) is 4.17. The lowest BCUT2D eigenvalue weighted by atomic mass is 10.1. The van der Waals surface area contributed by atoms with Crippen molar-refractivity contribution in [3.8, 4) is 0 Å². The fourth-order valence-electron chi connectivity index (χ4n) is 1.42. The van der Waals surface area contributed by atoms with Gasteiger partial charge in [-0.05, 0) is 18.1 Å². The summed E-state index contributed by atoms with van der Waals surface area (Å²) >= 11 is 5.76. The number of Topliss-reactive ketones (excluding diaryl/α,β-unsaturated/α-hetero) is 1. The van der Waals surface area contributed by atoms with Gasteiger partial charge in [-0.2, -0.15) is 0 Å². The number of benzene rings is 1. The number of hydrogen-bond acceptors (Lipinski definition) is 2. The van der Waals surface area contributed by atoms with Gasteiger partial charge in [-0.25, -0.2) is 4.39 Å². The molecule has 94 valence electrons. The molecule has 1 aromatic rings. The molecule has 0 aliphatic carbocycles. The highest BCUT2D eigenvalue weighted by atomic mass is 35.5. The first-order valence-corrected chi connectivity index (χ1v) is 6.05. The lowest BCUT2D eigenvalue weighted by molar-refractivity contribution is -0.119. The molecule has 1 aromatic carbocycles. The van der Waals surface area contributed by atoms with E-state index in [1.54, 1.807) is 12.1 Å². The van der Waals surface area contributed by atoms with E-state index in [-0.39, 0.29) is 17.2 Å². The predicted molar refractivity (Wildman–Crippen MR) is 65.8 cm³/mol. The van der Waals surface area contributed by atoms with E-state index >= 15 is 0 Å². The molecule has 0 atom stereocenters. The predicted octanol–water partition coefficient (Wildman–Crippen LogP) is 3.41. The number of rotatable bonds is 7. The Morgan fingerprint density at radius 2 is 2.18 bits per heavy atom. The normalized spacial score (nSPS) is 10.5. The summed E-state index contributed by atoms with van der Waals surface area (Å²) < 4.78 is 18.3. The van der Waals surface area contributed by atoms with Crippen LogP contribution in [0.3, 0.4) is 0 Å². The van der Waals surface area contributed by atoms with Crippen LogP contribution in [0.4, 0.5) is 4.39 Å². The summed E-state index contributed by atoms with van der Waals surface area (Å²) in [6, 6.07) is 4.49. The van der Waals surface area contributed by atoms with Crippen molar-refractivity contribution < 1.29 is 13.9 Å². The van der Waals surface area contributed by atoms with Crippen molar-refractivity contribution in [2.45, 2.75) is 26.2 Å². The fourth-order valence-corrected chi connectivity index (χ4v) is 1.61. The van der Waals surface area contributed by atoms with E-state index in [1.807, 2.05) is 6.92 Å². The average Bonchev–Trinajstić information content (AvgIpc) is 2.31. The van der Waals surface area contributed by atoms with Crippen LogP contribution in [0, 0.1) is 5.82 Å². The second-order valence-electron chi connectivity index (χ2n) is 3.79. The van der Waals surface area contributed by atoms with Crippen LogP contribution in [0.25, 0.3) is 0 Å². The van der Waals surface area contributed by atoms with E-state index in [1.165, 1.54) is 6.07 Å². The van der Waals surface area contributed by atoms with Gasteiger partial charge in [0.2, 0.25) is 0 Å². The maximum absolute atomic E-state index is 13.1. The van der Waals surface area contributed by atoms with Crippen LogP contribution in [-0.4, -0.2) is 19.0 Å². The zero-order valence-electron chi connectivity index (χ0n) is 9.84. The Kier molecular flexibility index (Phi) is 6.16. The highest BCUT2D eigenvalue weighted by Crippen LogP contribution is 2.20. The smallest absolute Gasteiger partial charge is 0.142 e. The quantitative estimate of drug-likeness (QED) is 0.701. The zero-order chi connectivity index (χ0) is 12.7. The van der Waals surface area contributed by atoms with Crippen molar-refractivity contribution in [2.24, 2.45) is 0 Å². The molecule has 2 nitrogen and oxygen atoms in total. The topological polar surface area (TPSA) is 26.3 Å². The molecule has 0 bridgehead atoms. The SMILES string of the molecule is CCCOCCC(=O)Cc1cccc(F)c1Cl. The van der Waals surface area contributed by atoms with E-state index in [0.29, 0.717) is 25.2 Å². The molecule has 0 radical (unpaired) electrons. The Morgan fingerprint density at radius 3 is 2.88 bits per heavy atom. The van der Waals surface area contributed by atoms with Gasteiger partial charge in [-0.1, -0.05) is 30.7 Å². The number of carbonyl (C=O) groups excluding carboxylic acids is 1. The van der Waals surface area contributed by atoms with Gasteiger partial charge in [0.05, 0.1) is 11.6 Å². The first-order valence-electron chi connectivity index (χ1n) is 5.67. The maximum Gasteiger partial charge on any atom is 0.142 e. The van der Waals surface area contributed by atoms with Crippen molar-refractivity contribution >= 4 is 17.4 Å². The minimum atomic E-state index is -0.487. The molecule has 0 unspecified atom stereocenters. The van der Waals surface area contributed by atoms with Crippen molar-refractivity contribution in [2.75, 3.05) is 13.2 Å². The highest BCUT2D eigenvalue weighted by molar-refractivity contribution is 6.31. The van der Waals surface area contributed by atoms with Gasteiger partial charge in [0.25, 0.3) is 0 Å². The molecule has 0 spiro atoms. The first kappa shape index (κ1) is 14.1. The maximum atomic E-state index is 13.1. The third kappa shape index (κ3) is 4.84. The van der Waals surface area contributed by atoms with Crippen LogP contribution in [-0.2, 0) is 16.0 Å². The molecule has 0 N–H and O–H groups in total. The van der Waals surface area contributed by atoms with Gasteiger partial charge in [0.15, 0.2) is 0 Å². The third-order valence-electron chi connectivity index (χ3n) is 2.29. The number of carbonyl (C=O) groups is 1. The molecule has 0 saturated heterocycles. The van der Waals surface area contributed by atoms with E-state index in [0.717, 1.165) is 6.42 Å². The van der Waals surface area contributed by atoms with Crippen LogP contribution >= 0.6 is 11.6 Å². The Morgan fingerprint density at radius 1 is 1.41 bits per heavy atom. The average molecular weight is 259 g/mol. The molecule has 0 heterocycles. The number of ketones is 1. The summed E-state index contributed by atoms with van der Waals surface area (Å²) in [5, 5.41) is 0.0373. The van der Waals surface area contributed by atoms with Crippen molar-refractivity contribution in [3.05, 3.63) is 34.6 Å². The number of hydrogen-bond donors (Lipinski definition) is 0. The van der Waals surface area contributed by atoms with Crippen LogP contribution in [0.2, 0.25) is 5.02 Å². The minimum absolute atomic E-state index is 0.00797. The number of ether oxygens (including phenoxy) is 1. The molecule has 0 amide bonds. The van der Waals surface area contributed by atoms with Crippen LogP contribution in [0.15, 0.2) is 18.2 Å². The van der Waals surface area contributed by atoms with Gasteiger partial charge in [0, 0.05) is 19.4 Å². The highest BCUT2D eigenvalue weighted by Gasteiger charge is 2.09. The molecule has 0 fully saturated rings. The largest absolute Gasteiger partial charge is 0.381 e. The van der Waals surface area contributed by atoms with E-state index in [4.69, 9.17) is 16.3 Å². The van der Waals surface area contributed by atoms with Crippen molar-refractivity contribution in [1.82, 2.24) is 0 Å². The molecule has 0 saturated carbocycles. The Labute approximate surface area is 106 Å². The lowest BCUT2D eigenvalue weighted by Crippen LogP contribution is -2.08. The van der Waals surface area contributed by atoms with Crippen LogP contribution < -0.4 is 0 Å². The van der Waals surface area contributed by atoms with E-state index in [2.05, 4.69) is 0 Å². The summed E-state index contributed by atoms with van der Waals surface area (Å²) in [6.45, 7) is 3.09. The Hall–Kier alpha value is -0.930. The summed E-state index contributed by atoms with van der Waals surface area (Å²) in [6.07, 6.45) is 1.43. The molecule has 0 aliphatic rings. The first-order chi connectivity index (χ1) is 8.15. The monoisotopic (exact) mass is 258 g/mol. The molecular weight excluding hydrogens is 243 g/mol. The molecular formula is C13H16ClFO2. The van der Waals surface area contributed by atoms with Gasteiger partial charge in [-0.15, -0.1) is 0 Å². The van der Waals surface area contributed by atoms with Crippen molar-refractivity contribution in [1.29, 1.82) is 0 Å². The van der Waals surface area contributed by atoms with Crippen LogP contribution in [0.5, 0.6) is 0 Å². The van der Waals surface area contributed by atoms with Gasteiger partial charge in [-0.3, -0.25) is 4.79 Å². The summed E-state index contributed by atoms with van der Waals surface area (Å²) in [5.41, 5.74) is 0.534. The lowest BCUT2D eigenvalue weighted by Gasteiger charge is -2.05. The second kappa shape index (κ2) is 7.41. The summed E-state index contributed by atoms with van der Waals surface area (Å²) in [4.78, 5) is 11.6. The van der Waals surface area contributed by atoms with Gasteiger partial charge >= 0.3 is 0 Å². The Balaban J connectivity index is 2.43. The van der Waals surface area contributed by atoms with E-state index < -0.39 is 5.82 Å². The zero-order valence-corrected chi connectivity index (χ0v) is 10.6. The standard InChI is InChI=1S/C13H16ClFO2/c1-2-7-17-8-6-11(16)9-10-4-3-5-12(15)13(10)14/h3-5H,2,6-9H2,1H3. The summed E-state index contributed by atoms with van der Waals surface area (Å²) in [5.74, 6) is -0.479. The Bertz CT molecular complexity index is 380. The fraction of sp³-hybridized carbons (Fsp3) is 0.462. The van der Waals surface area contributed by atoms with Gasteiger partial charge in [0.1, 0.15) is 11.6 Å². The molecule has 4 heteroatoms. The minimum Gasteiger partial charge on any atom is -0.381 e. The molecule has 17 heavy (non-hydrogen) atoms. The molecule has 1 rings (SSSR count). The van der Waals surface area contributed by atoms with E-state index in [9.17, 15) is 9.18 Å². The number of halogens is 2. The summed E-state index contributed by atoms with van der Waals surface area (Å²) in [7, 11) is 0. The molecule has 0 aliphatic heterocycles. The van der Waals surface area contributed by atoms with Crippen molar-refractivity contribution in [3.63, 3.8) is 0 Å².